The second-order valence-electron chi connectivity index (χ2n) is 5.66. The van der Waals surface area contributed by atoms with Gasteiger partial charge in [0.25, 0.3) is 0 Å². The highest BCUT2D eigenvalue weighted by atomic mass is 35.5. The molecule has 0 amide bonds. The quantitative estimate of drug-likeness (QED) is 0.514. The number of sulfonamides is 1. The molecule has 27 heavy (non-hydrogen) atoms. The van der Waals surface area contributed by atoms with Crippen LogP contribution < -0.4 is 4.74 Å². The van der Waals surface area contributed by atoms with Gasteiger partial charge < -0.3 is 9.47 Å². The number of ether oxygens (including phenoxy) is 2. The van der Waals surface area contributed by atoms with Gasteiger partial charge in [0.05, 0.1) is 12.0 Å². The molecule has 0 aromatic heterocycles. The highest BCUT2D eigenvalue weighted by molar-refractivity contribution is 7.89. The Bertz CT molecular complexity index is 954. The predicted molar refractivity (Wildman–Crippen MR) is 99.9 cm³/mol. The van der Waals surface area contributed by atoms with Gasteiger partial charge in [0, 0.05) is 24.7 Å². The maximum Gasteiger partial charge on any atom is 0.342 e. The van der Waals surface area contributed by atoms with Crippen molar-refractivity contribution in [2.24, 2.45) is 0 Å². The summed E-state index contributed by atoms with van der Waals surface area (Å²) < 4.78 is 35.2. The van der Waals surface area contributed by atoms with Crippen molar-refractivity contribution < 1.29 is 27.5 Å². The minimum atomic E-state index is -3.58. The van der Waals surface area contributed by atoms with Crippen LogP contribution in [0.3, 0.4) is 0 Å². The summed E-state index contributed by atoms with van der Waals surface area (Å²) in [5.74, 6) is -0.956. The molecule has 0 unspecified atom stereocenters. The number of benzene rings is 2. The molecule has 0 N–H and O–H groups in total. The van der Waals surface area contributed by atoms with Gasteiger partial charge in [0.15, 0.2) is 12.4 Å². The third-order valence-electron chi connectivity index (χ3n) is 3.67. The van der Waals surface area contributed by atoms with Crippen LogP contribution in [0.25, 0.3) is 0 Å². The standard InChI is InChI=1S/C18H18ClNO6S/c1-20(2)27(23,24)14-7-4-12(5-8-14)16(21)11-26-18(22)15-10-13(19)6-9-17(15)25-3/h4-10H,11H2,1-3H3. The second-order valence-corrected chi connectivity index (χ2v) is 8.24. The number of halogens is 1. The molecule has 0 saturated heterocycles. The molecule has 0 bridgehead atoms. The van der Waals surface area contributed by atoms with Gasteiger partial charge >= 0.3 is 5.97 Å². The number of ketones is 1. The fourth-order valence-corrected chi connectivity index (χ4v) is 3.23. The van der Waals surface area contributed by atoms with Crippen molar-refractivity contribution in [1.29, 1.82) is 0 Å². The van der Waals surface area contributed by atoms with Gasteiger partial charge in [0.2, 0.25) is 10.0 Å². The Hall–Kier alpha value is -2.42. The van der Waals surface area contributed by atoms with Gasteiger partial charge in [-0.3, -0.25) is 4.79 Å². The Labute approximate surface area is 162 Å². The topological polar surface area (TPSA) is 90.0 Å². The number of esters is 1. The average molecular weight is 412 g/mol. The van der Waals surface area contributed by atoms with Gasteiger partial charge in [-0.25, -0.2) is 17.5 Å². The monoisotopic (exact) mass is 411 g/mol. The Kier molecular flexibility index (Phi) is 6.59. The highest BCUT2D eigenvalue weighted by Gasteiger charge is 2.19. The van der Waals surface area contributed by atoms with E-state index in [1.165, 1.54) is 57.6 Å². The van der Waals surface area contributed by atoms with Crippen molar-refractivity contribution in [3.63, 3.8) is 0 Å². The number of hydrogen-bond acceptors (Lipinski definition) is 6. The second kappa shape index (κ2) is 8.51. The molecule has 2 aromatic rings. The Morgan fingerprint density at radius 3 is 2.26 bits per heavy atom. The molecular weight excluding hydrogens is 394 g/mol. The summed E-state index contributed by atoms with van der Waals surface area (Å²) in [5.41, 5.74) is 0.323. The first-order valence-electron chi connectivity index (χ1n) is 7.73. The molecule has 0 heterocycles. The molecule has 0 atom stereocenters. The van der Waals surface area contributed by atoms with E-state index in [1.807, 2.05) is 0 Å². The number of hydrogen-bond donors (Lipinski definition) is 0. The minimum Gasteiger partial charge on any atom is -0.496 e. The molecule has 0 spiro atoms. The lowest BCUT2D eigenvalue weighted by atomic mass is 10.1. The summed E-state index contributed by atoms with van der Waals surface area (Å²) >= 11 is 5.87. The smallest absolute Gasteiger partial charge is 0.342 e. The summed E-state index contributed by atoms with van der Waals surface area (Å²) in [6.07, 6.45) is 0. The van der Waals surface area contributed by atoms with E-state index in [2.05, 4.69) is 0 Å². The maximum absolute atomic E-state index is 12.2. The van der Waals surface area contributed by atoms with Crippen molar-refractivity contribution in [2.45, 2.75) is 4.90 Å². The average Bonchev–Trinajstić information content (AvgIpc) is 2.65. The van der Waals surface area contributed by atoms with Crippen LogP contribution in [0.2, 0.25) is 5.02 Å². The van der Waals surface area contributed by atoms with Crippen molar-refractivity contribution in [3.8, 4) is 5.75 Å². The Morgan fingerprint density at radius 2 is 1.70 bits per heavy atom. The highest BCUT2D eigenvalue weighted by Crippen LogP contribution is 2.23. The van der Waals surface area contributed by atoms with E-state index in [1.54, 1.807) is 6.07 Å². The summed E-state index contributed by atoms with van der Waals surface area (Å²) in [4.78, 5) is 24.4. The number of methoxy groups -OCH3 is 1. The third kappa shape index (κ3) is 4.85. The van der Waals surface area contributed by atoms with E-state index < -0.39 is 28.4 Å². The van der Waals surface area contributed by atoms with Crippen molar-refractivity contribution >= 4 is 33.4 Å². The van der Waals surface area contributed by atoms with Crippen LogP contribution in [0.15, 0.2) is 47.4 Å². The van der Waals surface area contributed by atoms with Crippen LogP contribution in [0, 0.1) is 0 Å². The molecular formula is C18H18ClNO6S. The van der Waals surface area contributed by atoms with Crippen LogP contribution in [0.1, 0.15) is 20.7 Å². The minimum absolute atomic E-state index is 0.0599. The largest absolute Gasteiger partial charge is 0.496 e. The lowest BCUT2D eigenvalue weighted by Crippen LogP contribution is -2.22. The van der Waals surface area contributed by atoms with Gasteiger partial charge in [-0.2, -0.15) is 0 Å². The zero-order valence-electron chi connectivity index (χ0n) is 14.9. The normalized spacial score (nSPS) is 11.3. The summed E-state index contributed by atoms with van der Waals surface area (Å²) in [6.45, 7) is -0.506. The van der Waals surface area contributed by atoms with E-state index in [0.717, 1.165) is 4.31 Å². The third-order valence-corrected chi connectivity index (χ3v) is 5.74. The van der Waals surface area contributed by atoms with Crippen LogP contribution in [-0.4, -0.2) is 52.3 Å². The molecule has 0 aliphatic rings. The van der Waals surface area contributed by atoms with E-state index >= 15 is 0 Å². The first kappa shape index (κ1) is 20.9. The molecule has 144 valence electrons. The molecule has 0 aliphatic heterocycles. The molecule has 7 nitrogen and oxygen atoms in total. The summed E-state index contributed by atoms with van der Waals surface area (Å²) in [5, 5.41) is 0.326. The van der Waals surface area contributed by atoms with Crippen LogP contribution in [0.5, 0.6) is 5.75 Å². The lowest BCUT2D eigenvalue weighted by Gasteiger charge is -2.11. The Balaban J connectivity index is 2.08. The van der Waals surface area contributed by atoms with Crippen LogP contribution >= 0.6 is 11.6 Å². The van der Waals surface area contributed by atoms with Crippen molar-refractivity contribution in [1.82, 2.24) is 4.31 Å². The van der Waals surface area contributed by atoms with Crippen molar-refractivity contribution in [3.05, 3.63) is 58.6 Å². The Morgan fingerprint density at radius 1 is 1.07 bits per heavy atom. The SMILES string of the molecule is COc1ccc(Cl)cc1C(=O)OCC(=O)c1ccc(S(=O)(=O)N(C)C)cc1. The predicted octanol–water partition coefficient (Wildman–Crippen LogP) is 2.64. The van der Waals surface area contributed by atoms with Gasteiger partial charge in [-0.05, 0) is 42.5 Å². The summed E-state index contributed by atoms with van der Waals surface area (Å²) in [7, 11) is 0.644. The van der Waals surface area contributed by atoms with E-state index in [0.29, 0.717) is 5.02 Å². The molecule has 0 fully saturated rings. The molecule has 0 saturated carbocycles. The zero-order chi connectivity index (χ0) is 20.2. The van der Waals surface area contributed by atoms with E-state index in [4.69, 9.17) is 21.1 Å². The van der Waals surface area contributed by atoms with Gasteiger partial charge in [-0.15, -0.1) is 0 Å². The lowest BCUT2D eigenvalue weighted by molar-refractivity contribution is 0.0471. The number of carbonyl (C=O) groups excluding carboxylic acids is 2. The molecule has 9 heteroatoms. The number of nitrogens with zero attached hydrogens (tertiary/aromatic N) is 1. The fraction of sp³-hybridized carbons (Fsp3) is 0.222. The molecule has 0 aliphatic carbocycles. The molecule has 0 radical (unpaired) electrons. The van der Waals surface area contributed by atoms with Crippen molar-refractivity contribution in [2.75, 3.05) is 27.8 Å². The number of Topliss-reactive ketones (excluding diaryl/α,β-unsaturated/α-hetero) is 1. The molecule has 2 aromatic carbocycles. The first-order valence-corrected chi connectivity index (χ1v) is 9.55. The zero-order valence-corrected chi connectivity index (χ0v) is 16.5. The van der Waals surface area contributed by atoms with Crippen LogP contribution in [-0.2, 0) is 14.8 Å². The molecule has 2 rings (SSSR count). The maximum atomic E-state index is 12.2. The first-order chi connectivity index (χ1) is 12.7. The van der Waals surface area contributed by atoms with Gasteiger partial charge in [0.1, 0.15) is 11.3 Å². The number of carbonyl (C=O) groups is 2. The van der Waals surface area contributed by atoms with E-state index in [-0.39, 0.29) is 21.8 Å². The summed E-state index contributed by atoms with van der Waals surface area (Å²) in [6, 6.07) is 9.85. The van der Waals surface area contributed by atoms with Gasteiger partial charge in [-0.1, -0.05) is 11.6 Å². The van der Waals surface area contributed by atoms with Crippen LogP contribution in [0.4, 0.5) is 0 Å². The van der Waals surface area contributed by atoms with E-state index in [9.17, 15) is 18.0 Å². The number of rotatable bonds is 7. The fourth-order valence-electron chi connectivity index (χ4n) is 2.16.